The number of aromatic nitrogens is 2. The number of anilines is 2. The predicted molar refractivity (Wildman–Crippen MR) is 37.4 cm³/mol. The number of aromatic amines is 1. The number of hydrogen-bond acceptors (Lipinski definition) is 4. The number of hydrogen-bond donors (Lipinski definition) is 3. The third-order valence-electron chi connectivity index (χ3n) is 1.17. The quantitative estimate of drug-likeness (QED) is 0.469. The summed E-state index contributed by atoms with van der Waals surface area (Å²) >= 11 is 0. The highest BCUT2D eigenvalue weighted by Gasteiger charge is 2.11. The van der Waals surface area contributed by atoms with Crippen LogP contribution >= 0.6 is 0 Å². The molecular formula is C5H8N4O. The Morgan fingerprint density at radius 1 is 1.60 bits per heavy atom. The van der Waals surface area contributed by atoms with Crippen molar-refractivity contribution in [3.05, 3.63) is 5.56 Å². The van der Waals surface area contributed by atoms with Gasteiger partial charge < -0.3 is 11.5 Å². The van der Waals surface area contributed by atoms with Crippen LogP contribution in [0.15, 0.2) is 0 Å². The number of nitrogen functional groups attached to an aromatic ring is 2. The largest absolute Gasteiger partial charge is 0.383 e. The van der Waals surface area contributed by atoms with Crippen LogP contribution in [0.25, 0.3) is 0 Å². The molecule has 0 fully saturated rings. The smallest absolute Gasteiger partial charge is 0.167 e. The summed E-state index contributed by atoms with van der Waals surface area (Å²) in [4.78, 5) is 10.7. The predicted octanol–water partition coefficient (Wildman–Crippen LogP) is -0.223. The molecule has 0 aliphatic rings. The van der Waals surface area contributed by atoms with Gasteiger partial charge in [0.25, 0.3) is 0 Å². The lowest BCUT2D eigenvalue weighted by Crippen LogP contribution is -2.00. The monoisotopic (exact) mass is 140 g/mol. The molecule has 0 aliphatic heterocycles. The molecule has 5 N–H and O–H groups in total. The summed E-state index contributed by atoms with van der Waals surface area (Å²) in [5.74, 6) is 0.207. The fourth-order valence-electron chi connectivity index (χ4n) is 0.740. The summed E-state index contributed by atoms with van der Waals surface area (Å²) in [5.41, 5.74) is 10.9. The zero-order valence-electron chi connectivity index (χ0n) is 5.51. The molecule has 0 amide bonds. The van der Waals surface area contributed by atoms with Crippen LogP contribution < -0.4 is 11.5 Å². The summed E-state index contributed by atoms with van der Waals surface area (Å²) < 4.78 is 0. The van der Waals surface area contributed by atoms with Crippen molar-refractivity contribution in [3.8, 4) is 0 Å². The topological polar surface area (TPSA) is 97.8 Å². The fourth-order valence-corrected chi connectivity index (χ4v) is 0.740. The van der Waals surface area contributed by atoms with Crippen molar-refractivity contribution in [2.75, 3.05) is 11.5 Å². The zero-order valence-corrected chi connectivity index (χ0v) is 5.51. The van der Waals surface area contributed by atoms with E-state index in [9.17, 15) is 4.79 Å². The second-order valence-electron chi connectivity index (χ2n) is 1.95. The number of nitrogens with one attached hydrogen (secondary N) is 1. The summed E-state index contributed by atoms with van der Waals surface area (Å²) in [6, 6.07) is 0. The van der Waals surface area contributed by atoms with Gasteiger partial charge in [-0.3, -0.25) is 9.89 Å². The van der Waals surface area contributed by atoms with Gasteiger partial charge in [0.15, 0.2) is 11.6 Å². The first-order chi connectivity index (χ1) is 4.63. The molecule has 0 unspecified atom stereocenters. The van der Waals surface area contributed by atoms with Gasteiger partial charge in [0, 0.05) is 0 Å². The maximum atomic E-state index is 10.7. The number of H-pyrrole nitrogens is 1. The Morgan fingerprint density at radius 2 is 2.20 bits per heavy atom. The fraction of sp³-hybridized carbons (Fsp3) is 0.200. The average molecular weight is 140 g/mol. The number of ketones is 1. The molecule has 0 aliphatic carbocycles. The molecule has 5 nitrogen and oxygen atoms in total. The first kappa shape index (κ1) is 6.60. The van der Waals surface area contributed by atoms with E-state index < -0.39 is 0 Å². The van der Waals surface area contributed by atoms with E-state index in [0.717, 1.165) is 0 Å². The average Bonchev–Trinajstić information content (AvgIpc) is 2.11. The van der Waals surface area contributed by atoms with Gasteiger partial charge in [-0.1, -0.05) is 0 Å². The van der Waals surface area contributed by atoms with Gasteiger partial charge in [0.2, 0.25) is 0 Å². The van der Waals surface area contributed by atoms with Gasteiger partial charge in [-0.15, -0.1) is 0 Å². The number of carbonyl (C=O) groups is 1. The molecular weight excluding hydrogens is 132 g/mol. The second kappa shape index (κ2) is 2.02. The van der Waals surface area contributed by atoms with Crippen LogP contribution in [0.2, 0.25) is 0 Å². The Morgan fingerprint density at radius 3 is 2.40 bits per heavy atom. The summed E-state index contributed by atoms with van der Waals surface area (Å²) in [6.45, 7) is 1.39. The molecule has 1 aromatic heterocycles. The lowest BCUT2D eigenvalue weighted by Gasteiger charge is -1.90. The van der Waals surface area contributed by atoms with Crippen LogP contribution in [-0.2, 0) is 0 Å². The van der Waals surface area contributed by atoms with E-state index in [0.29, 0.717) is 0 Å². The maximum Gasteiger partial charge on any atom is 0.167 e. The summed E-state index contributed by atoms with van der Waals surface area (Å²) in [6.07, 6.45) is 0. The van der Waals surface area contributed by atoms with Crippen LogP contribution in [0, 0.1) is 0 Å². The molecule has 0 atom stereocenters. The van der Waals surface area contributed by atoms with Crippen molar-refractivity contribution in [1.29, 1.82) is 0 Å². The Labute approximate surface area is 57.4 Å². The molecule has 10 heavy (non-hydrogen) atoms. The molecule has 0 spiro atoms. The molecule has 0 saturated heterocycles. The van der Waals surface area contributed by atoms with E-state index >= 15 is 0 Å². The third kappa shape index (κ3) is 0.812. The Balaban J connectivity index is 3.23. The van der Waals surface area contributed by atoms with E-state index in [4.69, 9.17) is 11.5 Å². The van der Waals surface area contributed by atoms with Crippen LogP contribution in [0.5, 0.6) is 0 Å². The molecule has 0 aromatic carbocycles. The minimum atomic E-state index is -0.177. The number of Topliss-reactive ketones (excluding diaryl/α,β-unsaturated/α-hetero) is 1. The van der Waals surface area contributed by atoms with Crippen molar-refractivity contribution in [2.45, 2.75) is 6.92 Å². The first-order valence-corrected chi connectivity index (χ1v) is 2.73. The van der Waals surface area contributed by atoms with Crippen molar-refractivity contribution >= 4 is 17.4 Å². The number of nitrogens with zero attached hydrogens (tertiary/aromatic N) is 1. The Hall–Kier alpha value is -1.52. The van der Waals surface area contributed by atoms with Gasteiger partial charge in [0.1, 0.15) is 11.4 Å². The molecule has 1 aromatic rings. The molecule has 54 valence electrons. The van der Waals surface area contributed by atoms with E-state index in [2.05, 4.69) is 10.2 Å². The van der Waals surface area contributed by atoms with Crippen molar-refractivity contribution < 1.29 is 4.79 Å². The van der Waals surface area contributed by atoms with Crippen LogP contribution in [0.1, 0.15) is 17.3 Å². The third-order valence-corrected chi connectivity index (χ3v) is 1.17. The SMILES string of the molecule is CC(=O)c1c(N)n[nH]c1N. The molecule has 0 saturated carbocycles. The summed E-state index contributed by atoms with van der Waals surface area (Å²) in [5, 5.41) is 5.94. The van der Waals surface area contributed by atoms with E-state index in [-0.39, 0.29) is 23.0 Å². The lowest BCUT2D eigenvalue weighted by molar-refractivity contribution is 0.101. The van der Waals surface area contributed by atoms with Crippen LogP contribution in [0.3, 0.4) is 0 Å². The number of rotatable bonds is 1. The van der Waals surface area contributed by atoms with Crippen molar-refractivity contribution in [3.63, 3.8) is 0 Å². The van der Waals surface area contributed by atoms with E-state index in [1.807, 2.05) is 0 Å². The Kier molecular flexibility index (Phi) is 1.33. The van der Waals surface area contributed by atoms with Crippen molar-refractivity contribution in [1.82, 2.24) is 10.2 Å². The molecule has 1 rings (SSSR count). The normalized spacial score (nSPS) is 9.70. The van der Waals surface area contributed by atoms with Crippen LogP contribution in [-0.4, -0.2) is 16.0 Å². The first-order valence-electron chi connectivity index (χ1n) is 2.73. The molecule has 1 heterocycles. The highest BCUT2D eigenvalue weighted by Crippen LogP contribution is 2.14. The minimum Gasteiger partial charge on any atom is -0.383 e. The number of nitrogens with two attached hydrogens (primary N) is 2. The highest BCUT2D eigenvalue weighted by atomic mass is 16.1. The van der Waals surface area contributed by atoms with E-state index in [1.165, 1.54) is 6.92 Å². The second-order valence-corrected chi connectivity index (χ2v) is 1.95. The van der Waals surface area contributed by atoms with Crippen molar-refractivity contribution in [2.24, 2.45) is 0 Å². The Bertz CT molecular complexity index is 245. The van der Waals surface area contributed by atoms with Gasteiger partial charge in [0.05, 0.1) is 0 Å². The zero-order chi connectivity index (χ0) is 7.72. The standard InChI is InChI=1S/C5H8N4O/c1-2(10)3-4(6)8-9-5(3)7/h1H3,(H5,6,7,8,9). The van der Waals surface area contributed by atoms with Gasteiger partial charge in [-0.2, -0.15) is 5.10 Å². The molecule has 0 radical (unpaired) electrons. The maximum absolute atomic E-state index is 10.7. The highest BCUT2D eigenvalue weighted by molar-refractivity contribution is 6.02. The lowest BCUT2D eigenvalue weighted by atomic mass is 10.2. The van der Waals surface area contributed by atoms with E-state index in [1.54, 1.807) is 0 Å². The summed E-state index contributed by atoms with van der Waals surface area (Å²) in [7, 11) is 0. The number of carbonyl (C=O) groups excluding carboxylic acids is 1. The van der Waals surface area contributed by atoms with Gasteiger partial charge in [-0.05, 0) is 6.92 Å². The molecule has 0 bridgehead atoms. The van der Waals surface area contributed by atoms with Crippen LogP contribution in [0.4, 0.5) is 11.6 Å². The van der Waals surface area contributed by atoms with Gasteiger partial charge >= 0.3 is 0 Å². The van der Waals surface area contributed by atoms with Gasteiger partial charge in [-0.25, -0.2) is 0 Å². The minimum absolute atomic E-state index is 0.157. The molecule has 5 heteroatoms.